The van der Waals surface area contributed by atoms with E-state index in [0.29, 0.717) is 12.1 Å². The third kappa shape index (κ3) is 2.94. The van der Waals surface area contributed by atoms with Crippen molar-refractivity contribution in [2.75, 3.05) is 18.0 Å². The fourth-order valence-electron chi connectivity index (χ4n) is 2.27. The van der Waals surface area contributed by atoms with Gasteiger partial charge in [0.25, 0.3) is 0 Å². The van der Waals surface area contributed by atoms with Gasteiger partial charge < -0.3 is 10.2 Å². The lowest BCUT2D eigenvalue weighted by atomic mass is 9.93. The van der Waals surface area contributed by atoms with Gasteiger partial charge in [0.2, 0.25) is 5.91 Å². The molecular weight excluding hydrogens is 238 g/mol. The summed E-state index contributed by atoms with van der Waals surface area (Å²) in [5.41, 5.74) is 1.38. The zero-order valence-electron chi connectivity index (χ0n) is 11.6. The van der Waals surface area contributed by atoms with Crippen LogP contribution in [0.1, 0.15) is 26.3 Å². The van der Waals surface area contributed by atoms with Gasteiger partial charge in [0, 0.05) is 18.8 Å². The van der Waals surface area contributed by atoms with Crippen molar-refractivity contribution >= 4 is 11.6 Å². The molecule has 0 bridgehead atoms. The van der Waals surface area contributed by atoms with Crippen LogP contribution >= 0.6 is 0 Å². The molecule has 0 aromatic heterocycles. The molecule has 4 nitrogen and oxygen atoms in total. The van der Waals surface area contributed by atoms with Crippen LogP contribution in [0.25, 0.3) is 0 Å². The second kappa shape index (κ2) is 5.02. The van der Waals surface area contributed by atoms with Gasteiger partial charge >= 0.3 is 0 Å². The molecule has 1 aliphatic rings. The highest BCUT2D eigenvalue weighted by atomic mass is 16.2. The highest BCUT2D eigenvalue weighted by molar-refractivity contribution is 5.97. The number of amides is 1. The Hall–Kier alpha value is -1.86. The molecule has 0 radical (unpaired) electrons. The first-order chi connectivity index (χ1) is 8.93. The Morgan fingerprint density at radius 1 is 1.47 bits per heavy atom. The van der Waals surface area contributed by atoms with Crippen molar-refractivity contribution in [1.29, 1.82) is 5.26 Å². The average Bonchev–Trinajstić information content (AvgIpc) is 2.50. The number of hydrogen-bond acceptors (Lipinski definition) is 3. The van der Waals surface area contributed by atoms with E-state index in [-0.39, 0.29) is 17.4 Å². The molecule has 1 atom stereocenters. The molecule has 1 amide bonds. The minimum atomic E-state index is -0.201. The first-order valence-electron chi connectivity index (χ1n) is 6.48. The van der Waals surface area contributed by atoms with E-state index in [1.54, 1.807) is 17.0 Å². The first-order valence-corrected chi connectivity index (χ1v) is 6.48. The molecule has 4 heteroatoms. The zero-order chi connectivity index (χ0) is 14.0. The Bertz CT molecular complexity index is 530. The molecule has 0 aliphatic carbocycles. The second-order valence-corrected chi connectivity index (χ2v) is 5.85. The smallest absolute Gasteiger partial charge is 0.243 e. The van der Waals surface area contributed by atoms with Gasteiger partial charge in [0.15, 0.2) is 0 Å². The fourth-order valence-corrected chi connectivity index (χ4v) is 2.27. The average molecular weight is 257 g/mol. The van der Waals surface area contributed by atoms with Crippen LogP contribution in [-0.4, -0.2) is 25.0 Å². The SMILES string of the molecule is CC1NCC(C)(C)CN(c2cccc(C#N)c2)C1=O. The summed E-state index contributed by atoms with van der Waals surface area (Å²) in [7, 11) is 0. The van der Waals surface area contributed by atoms with Crippen molar-refractivity contribution in [3.05, 3.63) is 29.8 Å². The topological polar surface area (TPSA) is 56.1 Å². The Kier molecular flexibility index (Phi) is 3.59. The molecule has 1 aromatic rings. The molecule has 1 aliphatic heterocycles. The second-order valence-electron chi connectivity index (χ2n) is 5.85. The zero-order valence-corrected chi connectivity index (χ0v) is 11.6. The number of hydrogen-bond donors (Lipinski definition) is 1. The summed E-state index contributed by atoms with van der Waals surface area (Å²) in [6, 6.07) is 9.13. The third-order valence-corrected chi connectivity index (χ3v) is 3.40. The van der Waals surface area contributed by atoms with E-state index in [1.807, 2.05) is 19.1 Å². The number of benzene rings is 1. The van der Waals surface area contributed by atoms with Crippen LogP contribution in [0.3, 0.4) is 0 Å². The summed E-state index contributed by atoms with van der Waals surface area (Å²) >= 11 is 0. The standard InChI is InChI=1S/C15H19N3O/c1-11-14(19)18(10-15(2,3)9-17-11)13-6-4-5-12(7-13)8-16/h4-7,11,17H,9-10H2,1-3H3. The quantitative estimate of drug-likeness (QED) is 0.836. The third-order valence-electron chi connectivity index (χ3n) is 3.40. The summed E-state index contributed by atoms with van der Waals surface area (Å²) in [6.07, 6.45) is 0. The Labute approximate surface area is 114 Å². The maximum Gasteiger partial charge on any atom is 0.243 e. The van der Waals surface area contributed by atoms with E-state index in [2.05, 4.69) is 25.2 Å². The van der Waals surface area contributed by atoms with Crippen LogP contribution in [0.2, 0.25) is 0 Å². The van der Waals surface area contributed by atoms with Crippen LogP contribution in [0.15, 0.2) is 24.3 Å². The van der Waals surface area contributed by atoms with E-state index >= 15 is 0 Å². The van der Waals surface area contributed by atoms with Crippen molar-refractivity contribution in [3.63, 3.8) is 0 Å². The van der Waals surface area contributed by atoms with Gasteiger partial charge in [-0.1, -0.05) is 19.9 Å². The van der Waals surface area contributed by atoms with Gasteiger partial charge in [0.05, 0.1) is 17.7 Å². The van der Waals surface area contributed by atoms with E-state index in [4.69, 9.17) is 5.26 Å². The Morgan fingerprint density at radius 3 is 2.89 bits per heavy atom. The lowest BCUT2D eigenvalue weighted by Gasteiger charge is -2.29. The Morgan fingerprint density at radius 2 is 2.21 bits per heavy atom. The molecule has 0 saturated carbocycles. The normalized spacial score (nSPS) is 22.7. The molecule has 1 unspecified atom stereocenters. The highest BCUT2D eigenvalue weighted by Gasteiger charge is 2.33. The van der Waals surface area contributed by atoms with E-state index < -0.39 is 0 Å². The maximum atomic E-state index is 12.4. The summed E-state index contributed by atoms with van der Waals surface area (Å²) in [5.74, 6) is 0.0562. The molecule has 1 saturated heterocycles. The van der Waals surface area contributed by atoms with Crippen LogP contribution in [0, 0.1) is 16.7 Å². The van der Waals surface area contributed by atoms with Gasteiger partial charge in [-0.15, -0.1) is 0 Å². The predicted octanol–water partition coefficient (Wildman–Crippen LogP) is 1.91. The summed E-state index contributed by atoms with van der Waals surface area (Å²) in [6.45, 7) is 7.59. The number of carbonyl (C=O) groups excluding carboxylic acids is 1. The van der Waals surface area contributed by atoms with E-state index in [0.717, 1.165) is 12.2 Å². The predicted molar refractivity (Wildman–Crippen MR) is 74.8 cm³/mol. The van der Waals surface area contributed by atoms with Crippen molar-refractivity contribution in [3.8, 4) is 6.07 Å². The summed E-state index contributed by atoms with van der Waals surface area (Å²) in [4.78, 5) is 14.2. The number of carbonyl (C=O) groups is 1. The maximum absolute atomic E-state index is 12.4. The van der Waals surface area contributed by atoms with Crippen molar-refractivity contribution in [2.24, 2.45) is 5.41 Å². The van der Waals surface area contributed by atoms with Crippen LogP contribution in [0.4, 0.5) is 5.69 Å². The molecule has 19 heavy (non-hydrogen) atoms. The van der Waals surface area contributed by atoms with Crippen molar-refractivity contribution in [2.45, 2.75) is 26.8 Å². The number of rotatable bonds is 1. The highest BCUT2D eigenvalue weighted by Crippen LogP contribution is 2.25. The minimum Gasteiger partial charge on any atom is -0.310 e. The van der Waals surface area contributed by atoms with Gasteiger partial charge in [-0.05, 0) is 30.5 Å². The van der Waals surface area contributed by atoms with Crippen molar-refractivity contribution < 1.29 is 4.79 Å². The lowest BCUT2D eigenvalue weighted by Crippen LogP contribution is -2.42. The summed E-state index contributed by atoms with van der Waals surface area (Å²) < 4.78 is 0. The van der Waals surface area contributed by atoms with Crippen molar-refractivity contribution in [1.82, 2.24) is 5.32 Å². The van der Waals surface area contributed by atoms with Gasteiger partial charge in [-0.2, -0.15) is 5.26 Å². The molecular formula is C15H19N3O. The molecule has 1 fully saturated rings. The molecule has 100 valence electrons. The summed E-state index contributed by atoms with van der Waals surface area (Å²) in [5, 5.41) is 12.2. The number of nitrogens with one attached hydrogen (secondary N) is 1. The minimum absolute atomic E-state index is 0.00304. The lowest BCUT2D eigenvalue weighted by molar-refractivity contribution is -0.119. The van der Waals surface area contributed by atoms with Gasteiger partial charge in [-0.3, -0.25) is 4.79 Å². The molecule has 2 rings (SSSR count). The fraction of sp³-hybridized carbons (Fsp3) is 0.467. The molecule has 1 aromatic carbocycles. The van der Waals surface area contributed by atoms with E-state index in [9.17, 15) is 4.79 Å². The van der Waals surface area contributed by atoms with Crippen LogP contribution in [-0.2, 0) is 4.79 Å². The largest absolute Gasteiger partial charge is 0.310 e. The number of nitriles is 1. The Balaban J connectivity index is 2.39. The molecule has 1 heterocycles. The van der Waals surface area contributed by atoms with E-state index in [1.165, 1.54) is 0 Å². The number of nitrogens with zero attached hydrogens (tertiary/aromatic N) is 2. The molecule has 0 spiro atoms. The monoisotopic (exact) mass is 257 g/mol. The first kappa shape index (κ1) is 13.6. The van der Waals surface area contributed by atoms with Gasteiger partial charge in [-0.25, -0.2) is 0 Å². The van der Waals surface area contributed by atoms with Crippen LogP contribution in [0.5, 0.6) is 0 Å². The molecule has 1 N–H and O–H groups in total. The van der Waals surface area contributed by atoms with Gasteiger partial charge in [0.1, 0.15) is 0 Å². The van der Waals surface area contributed by atoms with Crippen LogP contribution < -0.4 is 10.2 Å². The number of anilines is 1.